The molecule has 0 saturated carbocycles. The maximum absolute atomic E-state index is 13.8. The molecule has 0 bridgehead atoms. The van der Waals surface area contributed by atoms with Gasteiger partial charge < -0.3 is 5.73 Å². The van der Waals surface area contributed by atoms with E-state index in [0.29, 0.717) is 6.54 Å². The summed E-state index contributed by atoms with van der Waals surface area (Å²) < 4.78 is 41.8. The Morgan fingerprint density at radius 1 is 1.48 bits per heavy atom. The first kappa shape index (κ1) is 15.7. The predicted molar refractivity (Wildman–Crippen MR) is 78.0 cm³/mol. The van der Waals surface area contributed by atoms with E-state index in [1.807, 2.05) is 6.92 Å². The summed E-state index contributed by atoms with van der Waals surface area (Å²) in [6.07, 6.45) is 3.43. The first-order valence-electron chi connectivity index (χ1n) is 6.03. The van der Waals surface area contributed by atoms with Crippen LogP contribution >= 0.6 is 11.6 Å². The van der Waals surface area contributed by atoms with Gasteiger partial charge in [0.05, 0.1) is 17.8 Å². The highest BCUT2D eigenvalue weighted by Gasteiger charge is 2.21. The Morgan fingerprint density at radius 2 is 2.19 bits per heavy atom. The van der Waals surface area contributed by atoms with Crippen molar-refractivity contribution in [3.8, 4) is 0 Å². The van der Waals surface area contributed by atoms with Crippen molar-refractivity contribution in [3.05, 3.63) is 40.9 Å². The van der Waals surface area contributed by atoms with Crippen molar-refractivity contribution >= 4 is 27.3 Å². The quantitative estimate of drug-likeness (QED) is 0.813. The molecule has 1 heterocycles. The van der Waals surface area contributed by atoms with Crippen molar-refractivity contribution in [2.24, 2.45) is 0 Å². The van der Waals surface area contributed by atoms with Crippen LogP contribution in [0.3, 0.4) is 0 Å². The highest BCUT2D eigenvalue weighted by molar-refractivity contribution is 7.89. The highest BCUT2D eigenvalue weighted by Crippen LogP contribution is 2.25. The van der Waals surface area contributed by atoms with Gasteiger partial charge in [0.15, 0.2) is 5.82 Å². The molecule has 0 aliphatic heterocycles. The zero-order valence-electron chi connectivity index (χ0n) is 11.2. The summed E-state index contributed by atoms with van der Waals surface area (Å²) in [6.45, 7) is 2.26. The number of nitrogen functional groups attached to an aromatic ring is 1. The lowest BCUT2D eigenvalue weighted by molar-refractivity contribution is 0.545. The molecule has 21 heavy (non-hydrogen) atoms. The van der Waals surface area contributed by atoms with E-state index >= 15 is 0 Å². The Bertz CT molecular complexity index is 761. The number of nitrogens with zero attached hydrogens (tertiary/aromatic N) is 2. The summed E-state index contributed by atoms with van der Waals surface area (Å²) in [7, 11) is -4.03. The number of nitrogens with two attached hydrogens (primary N) is 1. The molecule has 6 nitrogen and oxygen atoms in total. The van der Waals surface area contributed by atoms with Gasteiger partial charge in [-0.15, -0.1) is 0 Å². The molecular formula is C12H14ClFN4O2S. The Morgan fingerprint density at radius 3 is 2.81 bits per heavy atom. The lowest BCUT2D eigenvalue weighted by Crippen LogP contribution is -2.28. The third-order valence-corrected chi connectivity index (χ3v) is 4.44. The van der Waals surface area contributed by atoms with Crippen LogP contribution in [0.15, 0.2) is 29.4 Å². The Labute approximate surface area is 126 Å². The van der Waals surface area contributed by atoms with Crippen LogP contribution in [0, 0.1) is 12.7 Å². The van der Waals surface area contributed by atoms with Crippen LogP contribution in [-0.4, -0.2) is 24.7 Å². The average Bonchev–Trinajstić information content (AvgIpc) is 2.79. The second-order valence-electron chi connectivity index (χ2n) is 4.49. The number of aryl methyl sites for hydroxylation is 1. The van der Waals surface area contributed by atoms with Gasteiger partial charge in [-0.1, -0.05) is 11.6 Å². The van der Waals surface area contributed by atoms with E-state index in [1.54, 1.807) is 17.1 Å². The molecule has 9 heteroatoms. The maximum atomic E-state index is 13.8. The van der Waals surface area contributed by atoms with Gasteiger partial charge in [-0.3, -0.25) is 4.68 Å². The van der Waals surface area contributed by atoms with Crippen LogP contribution in [0.1, 0.15) is 5.56 Å². The van der Waals surface area contributed by atoms with Crippen LogP contribution in [0.25, 0.3) is 0 Å². The number of hydrogen-bond donors (Lipinski definition) is 2. The summed E-state index contributed by atoms with van der Waals surface area (Å²) in [5.74, 6) is -1.02. The fraction of sp³-hybridized carbons (Fsp3) is 0.250. The van der Waals surface area contributed by atoms with Gasteiger partial charge >= 0.3 is 0 Å². The molecule has 2 aromatic rings. The van der Waals surface area contributed by atoms with Gasteiger partial charge in [-0.2, -0.15) is 5.10 Å². The minimum Gasteiger partial charge on any atom is -0.399 e. The molecule has 114 valence electrons. The monoisotopic (exact) mass is 332 g/mol. The van der Waals surface area contributed by atoms with Gasteiger partial charge in [0.2, 0.25) is 10.0 Å². The van der Waals surface area contributed by atoms with Crippen molar-refractivity contribution in [3.63, 3.8) is 0 Å². The second kappa shape index (κ2) is 6.00. The van der Waals surface area contributed by atoms with Gasteiger partial charge in [0.1, 0.15) is 4.90 Å². The zero-order chi connectivity index (χ0) is 15.6. The molecule has 0 atom stereocenters. The average molecular weight is 333 g/mol. The lowest BCUT2D eigenvalue weighted by Gasteiger charge is -2.09. The van der Waals surface area contributed by atoms with E-state index in [4.69, 9.17) is 17.3 Å². The summed E-state index contributed by atoms with van der Waals surface area (Å²) >= 11 is 5.60. The first-order valence-corrected chi connectivity index (χ1v) is 7.89. The van der Waals surface area contributed by atoms with Gasteiger partial charge in [-0.25, -0.2) is 17.5 Å². The maximum Gasteiger partial charge on any atom is 0.243 e. The number of benzene rings is 1. The number of anilines is 1. The van der Waals surface area contributed by atoms with Gasteiger partial charge in [0.25, 0.3) is 0 Å². The number of sulfonamides is 1. The zero-order valence-corrected chi connectivity index (χ0v) is 12.7. The molecule has 1 aromatic carbocycles. The Hall–Kier alpha value is -1.64. The molecule has 0 unspecified atom stereocenters. The van der Waals surface area contributed by atoms with Crippen molar-refractivity contribution in [2.75, 3.05) is 12.3 Å². The number of halogens is 2. The Kier molecular flexibility index (Phi) is 4.50. The molecular weight excluding hydrogens is 319 g/mol. The van der Waals surface area contributed by atoms with E-state index in [2.05, 4.69) is 9.82 Å². The molecule has 0 amide bonds. The van der Waals surface area contributed by atoms with Gasteiger partial charge in [0, 0.05) is 18.4 Å². The number of aromatic nitrogens is 2. The van der Waals surface area contributed by atoms with Crippen molar-refractivity contribution in [1.29, 1.82) is 0 Å². The van der Waals surface area contributed by atoms with E-state index in [-0.39, 0.29) is 17.3 Å². The van der Waals surface area contributed by atoms with Crippen LogP contribution in [0.2, 0.25) is 5.02 Å². The van der Waals surface area contributed by atoms with Crippen LogP contribution in [-0.2, 0) is 16.6 Å². The Balaban J connectivity index is 2.12. The van der Waals surface area contributed by atoms with E-state index in [0.717, 1.165) is 17.7 Å². The molecule has 0 aliphatic carbocycles. The minimum absolute atomic E-state index is 0.0648. The van der Waals surface area contributed by atoms with E-state index in [1.165, 1.54) is 0 Å². The fourth-order valence-electron chi connectivity index (χ4n) is 1.74. The highest BCUT2D eigenvalue weighted by atomic mass is 35.5. The number of nitrogens with one attached hydrogen (secondary N) is 1. The van der Waals surface area contributed by atoms with Crippen molar-refractivity contribution in [1.82, 2.24) is 14.5 Å². The molecule has 0 spiro atoms. The summed E-state index contributed by atoms with van der Waals surface area (Å²) in [5, 5.41) is 3.69. The van der Waals surface area contributed by atoms with Crippen LogP contribution < -0.4 is 10.5 Å². The fourth-order valence-corrected chi connectivity index (χ4v) is 3.18. The topological polar surface area (TPSA) is 90.0 Å². The van der Waals surface area contributed by atoms with Crippen LogP contribution in [0.5, 0.6) is 0 Å². The minimum atomic E-state index is -4.03. The third kappa shape index (κ3) is 3.72. The molecule has 0 aliphatic rings. The molecule has 3 N–H and O–H groups in total. The molecule has 0 fully saturated rings. The number of hydrogen-bond acceptors (Lipinski definition) is 4. The van der Waals surface area contributed by atoms with Crippen molar-refractivity contribution < 1.29 is 12.8 Å². The summed E-state index contributed by atoms with van der Waals surface area (Å²) in [4.78, 5) is -0.566. The standard InChI is InChI=1S/C12H14ClFN4O2S/c1-8-6-16-18(7-8)3-2-17-21(19,20)11-5-9(15)4-10(13)12(11)14/h4-7,17H,2-3,15H2,1H3. The summed E-state index contributed by atoms with van der Waals surface area (Å²) in [5.41, 5.74) is 6.53. The predicted octanol–water partition coefficient (Wildman–Crippen LogP) is 1.54. The number of rotatable bonds is 5. The van der Waals surface area contributed by atoms with Gasteiger partial charge in [-0.05, 0) is 24.6 Å². The molecule has 0 radical (unpaired) electrons. The normalized spacial score (nSPS) is 11.8. The van der Waals surface area contributed by atoms with Crippen molar-refractivity contribution in [2.45, 2.75) is 18.4 Å². The van der Waals surface area contributed by atoms with Crippen LogP contribution in [0.4, 0.5) is 10.1 Å². The smallest absolute Gasteiger partial charge is 0.243 e. The first-order chi connectivity index (χ1) is 9.79. The molecule has 1 aromatic heterocycles. The lowest BCUT2D eigenvalue weighted by atomic mass is 10.3. The van der Waals surface area contributed by atoms with E-state index < -0.39 is 20.7 Å². The van der Waals surface area contributed by atoms with E-state index in [9.17, 15) is 12.8 Å². The summed E-state index contributed by atoms with van der Waals surface area (Å²) in [6, 6.07) is 2.18. The largest absolute Gasteiger partial charge is 0.399 e. The second-order valence-corrected chi connectivity index (χ2v) is 6.64. The molecule has 2 rings (SSSR count). The third-order valence-electron chi connectivity index (χ3n) is 2.70. The molecule has 0 saturated heterocycles. The SMILES string of the molecule is Cc1cnn(CCNS(=O)(=O)c2cc(N)cc(Cl)c2F)c1.